The summed E-state index contributed by atoms with van der Waals surface area (Å²) in [5.41, 5.74) is 1.08. The fraction of sp³-hybridized carbons (Fsp3) is 0.167. The molecule has 0 aliphatic heterocycles. The zero-order valence-electron chi connectivity index (χ0n) is 8.45. The summed E-state index contributed by atoms with van der Waals surface area (Å²) in [5, 5.41) is 2.05. The van der Waals surface area contributed by atoms with Gasteiger partial charge in [-0.25, -0.2) is 0 Å². The molecule has 1 aromatic carbocycles. The number of hydrogen-bond acceptors (Lipinski definition) is 2. The van der Waals surface area contributed by atoms with Crippen LogP contribution in [0.25, 0.3) is 0 Å². The summed E-state index contributed by atoms with van der Waals surface area (Å²) in [7, 11) is 0. The van der Waals surface area contributed by atoms with Crippen molar-refractivity contribution in [1.29, 1.82) is 0 Å². The Hall–Kier alpha value is -0.510. The van der Waals surface area contributed by atoms with E-state index in [1.807, 2.05) is 29.6 Å². The molecule has 0 N–H and O–H groups in total. The van der Waals surface area contributed by atoms with Crippen LogP contribution in [0, 0.1) is 0 Å². The highest BCUT2D eigenvalue weighted by atomic mass is 79.9. The van der Waals surface area contributed by atoms with Gasteiger partial charge in [0.1, 0.15) is 12.4 Å². The Morgan fingerprint density at radius 2 is 2.19 bits per heavy atom. The standard InChI is InChI=1S/C12H10BrClOS/c13-11-6-9(7-14)3-4-12(11)15-8-10-2-1-5-16-10/h1-6H,7-8H2. The molecule has 4 heteroatoms. The largest absolute Gasteiger partial charge is 0.487 e. The van der Waals surface area contributed by atoms with Crippen LogP contribution >= 0.6 is 38.9 Å². The van der Waals surface area contributed by atoms with Crippen molar-refractivity contribution in [2.45, 2.75) is 12.5 Å². The van der Waals surface area contributed by atoms with E-state index in [-0.39, 0.29) is 0 Å². The second kappa shape index (κ2) is 5.71. The van der Waals surface area contributed by atoms with Gasteiger partial charge in [-0.2, -0.15) is 0 Å². The highest BCUT2D eigenvalue weighted by Gasteiger charge is 2.03. The van der Waals surface area contributed by atoms with Gasteiger partial charge in [0.25, 0.3) is 0 Å². The van der Waals surface area contributed by atoms with Crippen LogP contribution in [0.3, 0.4) is 0 Å². The van der Waals surface area contributed by atoms with Gasteiger partial charge >= 0.3 is 0 Å². The average molecular weight is 318 g/mol. The monoisotopic (exact) mass is 316 g/mol. The third kappa shape index (κ3) is 3.00. The SMILES string of the molecule is ClCc1ccc(OCc2cccs2)c(Br)c1. The van der Waals surface area contributed by atoms with Gasteiger partial charge in [-0.3, -0.25) is 0 Å². The molecule has 0 bridgehead atoms. The zero-order valence-corrected chi connectivity index (χ0v) is 11.6. The number of hydrogen-bond donors (Lipinski definition) is 0. The van der Waals surface area contributed by atoms with Crippen LogP contribution in [0.1, 0.15) is 10.4 Å². The van der Waals surface area contributed by atoms with Gasteiger partial charge in [-0.1, -0.05) is 12.1 Å². The van der Waals surface area contributed by atoms with Gasteiger partial charge in [0.15, 0.2) is 0 Å². The minimum atomic E-state index is 0.518. The number of halogens is 2. The van der Waals surface area contributed by atoms with E-state index >= 15 is 0 Å². The number of ether oxygens (including phenoxy) is 1. The van der Waals surface area contributed by atoms with Crippen molar-refractivity contribution in [2.24, 2.45) is 0 Å². The molecule has 16 heavy (non-hydrogen) atoms. The summed E-state index contributed by atoms with van der Waals surface area (Å²) in [6.07, 6.45) is 0. The first kappa shape index (κ1) is 12.0. The van der Waals surface area contributed by atoms with E-state index in [4.69, 9.17) is 16.3 Å². The predicted molar refractivity (Wildman–Crippen MR) is 72.4 cm³/mol. The lowest BCUT2D eigenvalue weighted by atomic mass is 10.2. The summed E-state index contributed by atoms with van der Waals surface area (Å²) >= 11 is 10.9. The summed E-state index contributed by atoms with van der Waals surface area (Å²) in [5.74, 6) is 1.37. The molecule has 0 aliphatic rings. The molecule has 0 spiro atoms. The van der Waals surface area contributed by atoms with Crippen molar-refractivity contribution in [3.05, 3.63) is 50.6 Å². The molecule has 1 heterocycles. The highest BCUT2D eigenvalue weighted by molar-refractivity contribution is 9.10. The molecule has 0 aliphatic carbocycles. The molecular formula is C12H10BrClOS. The van der Waals surface area contributed by atoms with Gasteiger partial charge in [-0.15, -0.1) is 22.9 Å². The molecule has 0 unspecified atom stereocenters. The van der Waals surface area contributed by atoms with Crippen molar-refractivity contribution < 1.29 is 4.74 Å². The van der Waals surface area contributed by atoms with Gasteiger partial charge in [0.05, 0.1) is 4.47 Å². The van der Waals surface area contributed by atoms with Gasteiger partial charge < -0.3 is 4.74 Å². The maximum atomic E-state index is 5.75. The number of rotatable bonds is 4. The third-order valence-corrected chi connectivity index (χ3v) is 3.88. The Balaban J connectivity index is 2.04. The van der Waals surface area contributed by atoms with Crippen LogP contribution in [0.2, 0.25) is 0 Å². The lowest BCUT2D eigenvalue weighted by Gasteiger charge is -2.07. The van der Waals surface area contributed by atoms with E-state index in [0.717, 1.165) is 15.8 Å². The first-order valence-corrected chi connectivity index (χ1v) is 7.00. The van der Waals surface area contributed by atoms with Crippen molar-refractivity contribution in [1.82, 2.24) is 0 Å². The van der Waals surface area contributed by atoms with E-state index < -0.39 is 0 Å². The Morgan fingerprint density at radius 3 is 2.81 bits per heavy atom. The van der Waals surface area contributed by atoms with E-state index in [2.05, 4.69) is 22.0 Å². The van der Waals surface area contributed by atoms with E-state index in [1.165, 1.54) is 4.88 Å². The first-order valence-electron chi connectivity index (χ1n) is 4.79. The highest BCUT2D eigenvalue weighted by Crippen LogP contribution is 2.27. The molecule has 0 atom stereocenters. The summed E-state index contributed by atoms with van der Waals surface area (Å²) in [6, 6.07) is 9.98. The van der Waals surface area contributed by atoms with Crippen LogP contribution in [-0.2, 0) is 12.5 Å². The second-order valence-corrected chi connectivity index (χ2v) is 5.42. The molecule has 0 fully saturated rings. The number of benzene rings is 1. The molecule has 2 aromatic rings. The summed E-state index contributed by atoms with van der Waals surface area (Å²) in [6.45, 7) is 0.608. The minimum Gasteiger partial charge on any atom is -0.487 e. The zero-order chi connectivity index (χ0) is 11.4. The number of alkyl halides is 1. The van der Waals surface area contributed by atoms with E-state index in [1.54, 1.807) is 11.3 Å². The third-order valence-electron chi connectivity index (χ3n) is 2.10. The molecular weight excluding hydrogens is 308 g/mol. The van der Waals surface area contributed by atoms with E-state index in [9.17, 15) is 0 Å². The van der Waals surface area contributed by atoms with Crippen LogP contribution in [0.5, 0.6) is 5.75 Å². The van der Waals surface area contributed by atoms with Crippen molar-refractivity contribution in [2.75, 3.05) is 0 Å². The van der Waals surface area contributed by atoms with Crippen LogP contribution in [0.4, 0.5) is 0 Å². The molecule has 0 saturated heterocycles. The summed E-state index contributed by atoms with van der Waals surface area (Å²) < 4.78 is 6.65. The first-order chi connectivity index (χ1) is 7.79. The minimum absolute atomic E-state index is 0.518. The molecule has 2 rings (SSSR count). The quantitative estimate of drug-likeness (QED) is 0.734. The van der Waals surface area contributed by atoms with Gasteiger partial charge in [0, 0.05) is 10.8 Å². The fourth-order valence-electron chi connectivity index (χ4n) is 1.29. The Labute approximate surface area is 112 Å². The molecule has 0 saturated carbocycles. The second-order valence-electron chi connectivity index (χ2n) is 3.27. The average Bonchev–Trinajstić information content (AvgIpc) is 2.80. The lowest BCUT2D eigenvalue weighted by Crippen LogP contribution is -1.94. The maximum Gasteiger partial charge on any atom is 0.134 e. The van der Waals surface area contributed by atoms with E-state index in [0.29, 0.717) is 12.5 Å². The lowest BCUT2D eigenvalue weighted by molar-refractivity contribution is 0.308. The molecule has 84 valence electrons. The smallest absolute Gasteiger partial charge is 0.134 e. The topological polar surface area (TPSA) is 9.23 Å². The predicted octanol–water partition coefficient (Wildman–Crippen LogP) is 4.83. The fourth-order valence-corrected chi connectivity index (χ4v) is 2.61. The van der Waals surface area contributed by atoms with Crippen molar-refractivity contribution in [3.8, 4) is 5.75 Å². The van der Waals surface area contributed by atoms with Gasteiger partial charge in [-0.05, 0) is 45.1 Å². The van der Waals surface area contributed by atoms with Crippen molar-refractivity contribution >= 4 is 38.9 Å². The van der Waals surface area contributed by atoms with Crippen LogP contribution in [0.15, 0.2) is 40.2 Å². The molecule has 0 amide bonds. The maximum absolute atomic E-state index is 5.75. The van der Waals surface area contributed by atoms with Crippen LogP contribution < -0.4 is 4.74 Å². The molecule has 1 nitrogen and oxygen atoms in total. The number of thiophene rings is 1. The van der Waals surface area contributed by atoms with Crippen LogP contribution in [-0.4, -0.2) is 0 Å². The normalized spacial score (nSPS) is 10.4. The Kier molecular flexibility index (Phi) is 4.27. The molecule has 1 aromatic heterocycles. The Bertz CT molecular complexity index is 456. The summed E-state index contributed by atoms with van der Waals surface area (Å²) in [4.78, 5) is 1.22. The Morgan fingerprint density at radius 1 is 1.31 bits per heavy atom. The van der Waals surface area contributed by atoms with Crippen molar-refractivity contribution in [3.63, 3.8) is 0 Å². The molecule has 0 radical (unpaired) electrons. The van der Waals surface area contributed by atoms with Gasteiger partial charge in [0.2, 0.25) is 0 Å².